The van der Waals surface area contributed by atoms with Crippen LogP contribution in [0.4, 0.5) is 0 Å². The van der Waals surface area contributed by atoms with Crippen molar-refractivity contribution in [3.63, 3.8) is 0 Å². The summed E-state index contributed by atoms with van der Waals surface area (Å²) in [6, 6.07) is 25.2. The Balaban J connectivity index is 1.34. The zero-order valence-corrected chi connectivity index (χ0v) is 18.9. The van der Waals surface area contributed by atoms with Gasteiger partial charge < -0.3 is 19.4 Å². The maximum absolute atomic E-state index is 12.5. The molecular formula is C27H29N3O3. The first kappa shape index (κ1) is 22.4. The number of hydrogen-bond donors (Lipinski definition) is 1. The molecule has 0 bridgehead atoms. The van der Waals surface area contributed by atoms with Crippen molar-refractivity contribution in [2.24, 2.45) is 0 Å². The third-order valence-electron chi connectivity index (χ3n) is 5.49. The first-order chi connectivity index (χ1) is 16.2. The topological polar surface area (TPSA) is 65.4 Å². The van der Waals surface area contributed by atoms with Gasteiger partial charge in [-0.2, -0.15) is 0 Å². The SMILES string of the molecule is COc1cccc(C(=O)NCCc2nc3ccccc3n2CCCCOc2ccccc2)c1. The standard InChI is InChI=1S/C27H29N3O3/c1-32-23-13-9-10-21(20-23)27(31)28-17-16-26-29-24-14-5-6-15-25(24)30(26)18-7-8-19-33-22-11-3-2-4-12-22/h2-6,9-15,20H,7-8,16-19H2,1H3,(H,28,31). The van der Waals surface area contributed by atoms with Crippen molar-refractivity contribution in [2.45, 2.75) is 25.8 Å². The van der Waals surface area contributed by atoms with Gasteiger partial charge in [0, 0.05) is 25.1 Å². The van der Waals surface area contributed by atoms with E-state index in [-0.39, 0.29) is 5.91 Å². The molecule has 0 atom stereocenters. The second-order valence-electron chi connectivity index (χ2n) is 7.77. The lowest BCUT2D eigenvalue weighted by atomic mass is 10.2. The van der Waals surface area contributed by atoms with Crippen LogP contribution in [0.3, 0.4) is 0 Å². The quantitative estimate of drug-likeness (QED) is 0.336. The molecule has 1 heterocycles. The van der Waals surface area contributed by atoms with Gasteiger partial charge in [0.15, 0.2) is 0 Å². The van der Waals surface area contributed by atoms with Gasteiger partial charge >= 0.3 is 0 Å². The average molecular weight is 444 g/mol. The molecule has 6 nitrogen and oxygen atoms in total. The number of benzene rings is 3. The molecule has 0 aliphatic heterocycles. The van der Waals surface area contributed by atoms with E-state index in [1.807, 2.05) is 60.7 Å². The summed E-state index contributed by atoms with van der Waals surface area (Å²) >= 11 is 0. The highest BCUT2D eigenvalue weighted by atomic mass is 16.5. The van der Waals surface area contributed by atoms with E-state index < -0.39 is 0 Å². The highest BCUT2D eigenvalue weighted by Gasteiger charge is 2.12. The number of unbranched alkanes of at least 4 members (excludes halogenated alkanes) is 1. The van der Waals surface area contributed by atoms with E-state index in [0.717, 1.165) is 42.0 Å². The van der Waals surface area contributed by atoms with E-state index in [9.17, 15) is 4.79 Å². The van der Waals surface area contributed by atoms with Crippen LogP contribution in [0, 0.1) is 0 Å². The minimum Gasteiger partial charge on any atom is -0.497 e. The van der Waals surface area contributed by atoms with Crippen molar-refractivity contribution >= 4 is 16.9 Å². The van der Waals surface area contributed by atoms with Crippen LogP contribution in [0.25, 0.3) is 11.0 Å². The zero-order valence-electron chi connectivity index (χ0n) is 18.9. The molecule has 4 aromatic rings. The summed E-state index contributed by atoms with van der Waals surface area (Å²) < 4.78 is 13.3. The molecule has 0 spiro atoms. The summed E-state index contributed by atoms with van der Waals surface area (Å²) in [6.45, 7) is 2.05. The number of ether oxygens (including phenoxy) is 2. The number of fused-ring (bicyclic) bond motifs is 1. The molecular weight excluding hydrogens is 414 g/mol. The monoisotopic (exact) mass is 443 g/mol. The average Bonchev–Trinajstić information content (AvgIpc) is 3.21. The number of aryl methyl sites for hydroxylation is 1. The molecule has 0 unspecified atom stereocenters. The Morgan fingerprint density at radius 3 is 2.58 bits per heavy atom. The van der Waals surface area contributed by atoms with E-state index in [0.29, 0.717) is 30.9 Å². The number of methoxy groups -OCH3 is 1. The molecule has 1 N–H and O–H groups in total. The summed E-state index contributed by atoms with van der Waals surface area (Å²) in [5, 5.41) is 3.00. The number of carbonyl (C=O) groups is 1. The summed E-state index contributed by atoms with van der Waals surface area (Å²) in [4.78, 5) is 17.3. The number of hydrogen-bond acceptors (Lipinski definition) is 4. The zero-order chi connectivity index (χ0) is 22.9. The van der Waals surface area contributed by atoms with Crippen LogP contribution in [-0.2, 0) is 13.0 Å². The van der Waals surface area contributed by atoms with Gasteiger partial charge in [-0.1, -0.05) is 36.4 Å². The molecule has 1 aromatic heterocycles. The lowest BCUT2D eigenvalue weighted by Crippen LogP contribution is -2.26. The van der Waals surface area contributed by atoms with Gasteiger partial charge in [-0.05, 0) is 55.3 Å². The molecule has 0 aliphatic carbocycles. The van der Waals surface area contributed by atoms with Crippen molar-refractivity contribution in [3.05, 3.63) is 90.3 Å². The normalized spacial score (nSPS) is 10.8. The Hall–Kier alpha value is -3.80. The Kier molecular flexibility index (Phi) is 7.59. The number of carbonyl (C=O) groups excluding carboxylic acids is 1. The number of nitrogens with one attached hydrogen (secondary N) is 1. The van der Waals surface area contributed by atoms with E-state index in [4.69, 9.17) is 14.5 Å². The fourth-order valence-electron chi connectivity index (χ4n) is 3.80. The fourth-order valence-corrected chi connectivity index (χ4v) is 3.80. The Labute approximate surface area is 194 Å². The Bertz CT molecular complexity index is 1190. The molecule has 0 aliphatic rings. The number of imidazole rings is 1. The second-order valence-corrected chi connectivity index (χ2v) is 7.77. The van der Waals surface area contributed by atoms with E-state index in [2.05, 4.69) is 16.0 Å². The van der Waals surface area contributed by atoms with Crippen LogP contribution in [0.15, 0.2) is 78.9 Å². The van der Waals surface area contributed by atoms with Crippen LogP contribution in [0.2, 0.25) is 0 Å². The predicted molar refractivity (Wildman–Crippen MR) is 130 cm³/mol. The van der Waals surface area contributed by atoms with E-state index in [1.165, 1.54) is 0 Å². The third kappa shape index (κ3) is 5.92. The Morgan fingerprint density at radius 2 is 1.73 bits per heavy atom. The maximum atomic E-state index is 12.5. The molecule has 0 radical (unpaired) electrons. The number of nitrogens with zero attached hydrogens (tertiary/aromatic N) is 2. The molecule has 6 heteroatoms. The largest absolute Gasteiger partial charge is 0.497 e. The maximum Gasteiger partial charge on any atom is 0.251 e. The van der Waals surface area contributed by atoms with Crippen LogP contribution >= 0.6 is 0 Å². The first-order valence-corrected chi connectivity index (χ1v) is 11.3. The number of aromatic nitrogens is 2. The van der Waals surface area contributed by atoms with Crippen LogP contribution in [0.5, 0.6) is 11.5 Å². The molecule has 0 saturated heterocycles. The highest BCUT2D eigenvalue weighted by Crippen LogP contribution is 2.18. The number of amides is 1. The smallest absolute Gasteiger partial charge is 0.251 e. The van der Waals surface area contributed by atoms with Gasteiger partial charge in [-0.3, -0.25) is 4.79 Å². The van der Waals surface area contributed by atoms with Gasteiger partial charge in [0.25, 0.3) is 5.91 Å². The molecule has 33 heavy (non-hydrogen) atoms. The van der Waals surface area contributed by atoms with Crippen LogP contribution < -0.4 is 14.8 Å². The molecule has 4 rings (SSSR count). The summed E-state index contributed by atoms with van der Waals surface area (Å²) in [5.41, 5.74) is 2.68. The molecule has 0 fully saturated rings. The number of para-hydroxylation sites is 3. The van der Waals surface area contributed by atoms with Crippen LogP contribution in [-0.4, -0.2) is 35.7 Å². The second kappa shape index (κ2) is 11.2. The summed E-state index contributed by atoms with van der Waals surface area (Å²) in [5.74, 6) is 2.43. The van der Waals surface area contributed by atoms with Crippen LogP contribution in [0.1, 0.15) is 29.0 Å². The molecule has 170 valence electrons. The first-order valence-electron chi connectivity index (χ1n) is 11.3. The van der Waals surface area contributed by atoms with Crippen molar-refractivity contribution in [1.82, 2.24) is 14.9 Å². The lowest BCUT2D eigenvalue weighted by Gasteiger charge is -2.11. The van der Waals surface area contributed by atoms with Gasteiger partial charge in [-0.25, -0.2) is 4.98 Å². The number of rotatable bonds is 11. The van der Waals surface area contributed by atoms with Crippen molar-refractivity contribution in [1.29, 1.82) is 0 Å². The van der Waals surface area contributed by atoms with Gasteiger partial charge in [0.1, 0.15) is 17.3 Å². The highest BCUT2D eigenvalue weighted by molar-refractivity contribution is 5.94. The fraction of sp³-hybridized carbons (Fsp3) is 0.259. The lowest BCUT2D eigenvalue weighted by molar-refractivity contribution is 0.0953. The Morgan fingerprint density at radius 1 is 0.939 bits per heavy atom. The molecule has 1 amide bonds. The van der Waals surface area contributed by atoms with Gasteiger partial charge in [0.05, 0.1) is 24.8 Å². The van der Waals surface area contributed by atoms with E-state index >= 15 is 0 Å². The summed E-state index contributed by atoms with van der Waals surface area (Å²) in [7, 11) is 1.59. The predicted octanol–water partition coefficient (Wildman–Crippen LogP) is 4.88. The van der Waals surface area contributed by atoms with Crippen molar-refractivity contribution in [2.75, 3.05) is 20.3 Å². The van der Waals surface area contributed by atoms with Crippen molar-refractivity contribution in [3.8, 4) is 11.5 Å². The summed E-state index contributed by atoms with van der Waals surface area (Å²) in [6.07, 6.45) is 2.59. The molecule has 0 saturated carbocycles. The van der Waals surface area contributed by atoms with Gasteiger partial charge in [0.2, 0.25) is 0 Å². The molecule has 3 aromatic carbocycles. The minimum atomic E-state index is -0.116. The third-order valence-corrected chi connectivity index (χ3v) is 5.49. The van der Waals surface area contributed by atoms with E-state index in [1.54, 1.807) is 19.2 Å². The van der Waals surface area contributed by atoms with Crippen molar-refractivity contribution < 1.29 is 14.3 Å². The van der Waals surface area contributed by atoms with Gasteiger partial charge in [-0.15, -0.1) is 0 Å². The minimum absolute atomic E-state index is 0.116.